The average molecular weight is 818 g/mol. The quantitative estimate of drug-likeness (QED) is 0.161. The summed E-state index contributed by atoms with van der Waals surface area (Å²) >= 11 is 0. The predicted octanol–water partition coefficient (Wildman–Crippen LogP) is 15.3. The van der Waals surface area contributed by atoms with Gasteiger partial charge in [0.2, 0.25) is 0 Å². The minimum atomic E-state index is 0.622. The van der Waals surface area contributed by atoms with Gasteiger partial charge in [0.25, 0.3) is 0 Å². The maximum atomic E-state index is 5.03. The van der Waals surface area contributed by atoms with Gasteiger partial charge in [-0.1, -0.05) is 176 Å². The van der Waals surface area contributed by atoms with Gasteiger partial charge in [-0.05, 0) is 82.9 Å². The van der Waals surface area contributed by atoms with Crippen LogP contribution in [0.25, 0.3) is 95.4 Å². The molecule has 2 aromatic heterocycles. The van der Waals surface area contributed by atoms with E-state index >= 15 is 0 Å². The van der Waals surface area contributed by atoms with Gasteiger partial charge in [0.05, 0.1) is 22.6 Å². The zero-order valence-corrected chi connectivity index (χ0v) is 34.8. The first-order chi connectivity index (χ1) is 31.7. The largest absolute Gasteiger partial charge is 0.309 e. The normalized spacial score (nSPS) is 11.7. The molecule has 0 fully saturated rings. The number of benzene rings is 9. The minimum absolute atomic E-state index is 0.622. The van der Waals surface area contributed by atoms with E-state index in [0.717, 1.165) is 72.9 Å². The molecule has 0 radical (unpaired) electrons. The number of anilines is 3. The van der Waals surface area contributed by atoms with Crippen LogP contribution in [0.4, 0.5) is 17.1 Å². The second-order valence-electron chi connectivity index (χ2n) is 16.0. The molecule has 0 atom stereocenters. The lowest BCUT2D eigenvalue weighted by Crippen LogP contribution is -2.11. The molecule has 11 aromatic rings. The van der Waals surface area contributed by atoms with Crippen molar-refractivity contribution in [2.24, 2.45) is 0 Å². The summed E-state index contributed by atoms with van der Waals surface area (Å²) in [5.74, 6) is 1.90. The predicted molar refractivity (Wildman–Crippen MR) is 263 cm³/mol. The molecule has 1 aliphatic heterocycles. The Balaban J connectivity index is 1.05. The molecule has 3 heterocycles. The molecule has 12 rings (SSSR count). The zero-order chi connectivity index (χ0) is 42.4. The van der Waals surface area contributed by atoms with Gasteiger partial charge in [0, 0.05) is 50.1 Å². The van der Waals surface area contributed by atoms with Crippen molar-refractivity contribution in [1.29, 1.82) is 0 Å². The van der Waals surface area contributed by atoms with Crippen molar-refractivity contribution in [3.8, 4) is 84.5 Å². The summed E-state index contributed by atoms with van der Waals surface area (Å²) in [5.41, 5.74) is 17.6. The molecule has 5 nitrogen and oxygen atoms in total. The van der Waals surface area contributed by atoms with Crippen LogP contribution in [-0.4, -0.2) is 19.5 Å². The van der Waals surface area contributed by atoms with Crippen molar-refractivity contribution in [3.63, 3.8) is 0 Å². The Labute approximate surface area is 371 Å². The Kier molecular flexibility index (Phi) is 9.08. The van der Waals surface area contributed by atoms with Crippen LogP contribution in [0.3, 0.4) is 0 Å². The fourth-order valence-corrected chi connectivity index (χ4v) is 9.22. The van der Waals surface area contributed by atoms with E-state index in [2.05, 4.69) is 185 Å². The summed E-state index contributed by atoms with van der Waals surface area (Å²) in [6.07, 6.45) is 0. The molecule has 0 aliphatic carbocycles. The first-order valence-corrected chi connectivity index (χ1v) is 21.6. The van der Waals surface area contributed by atoms with Gasteiger partial charge in [-0.15, -0.1) is 0 Å². The van der Waals surface area contributed by atoms with Crippen molar-refractivity contribution in [3.05, 3.63) is 237 Å². The fraction of sp³-hybridized carbons (Fsp3) is 0. The molecule has 1 aliphatic rings. The van der Waals surface area contributed by atoms with Gasteiger partial charge >= 0.3 is 0 Å². The van der Waals surface area contributed by atoms with E-state index < -0.39 is 0 Å². The van der Waals surface area contributed by atoms with E-state index in [4.69, 9.17) is 15.0 Å². The SMILES string of the molecule is c1ccc(-c2cc(-c3ccccc3)cc(-n3c4c(c5ccccc53)-c3ccccc3N(c3ccc(-c5nc(-c6ccccc6)nc(-c6ccccc6)n5)cc3)c3ccccc3-4)c2)cc1. The van der Waals surface area contributed by atoms with E-state index in [9.17, 15) is 0 Å². The Morgan fingerprint density at radius 3 is 1.27 bits per heavy atom. The van der Waals surface area contributed by atoms with Crippen molar-refractivity contribution < 1.29 is 0 Å². The summed E-state index contributed by atoms with van der Waals surface area (Å²) < 4.78 is 2.49. The highest BCUT2D eigenvalue weighted by atomic mass is 15.2. The molecule has 0 unspecified atom stereocenters. The lowest BCUT2D eigenvalue weighted by Gasteiger charge is -2.27. The zero-order valence-electron chi connectivity index (χ0n) is 34.8. The maximum Gasteiger partial charge on any atom is 0.164 e. The minimum Gasteiger partial charge on any atom is -0.309 e. The number of hydrogen-bond donors (Lipinski definition) is 0. The van der Waals surface area contributed by atoms with Crippen molar-refractivity contribution in [2.75, 3.05) is 4.90 Å². The highest BCUT2D eigenvalue weighted by Crippen LogP contribution is 2.54. The summed E-state index contributed by atoms with van der Waals surface area (Å²) in [6.45, 7) is 0. The van der Waals surface area contributed by atoms with Crippen molar-refractivity contribution >= 4 is 28.0 Å². The van der Waals surface area contributed by atoms with Crippen LogP contribution >= 0.6 is 0 Å². The van der Waals surface area contributed by atoms with Crippen LogP contribution in [0.5, 0.6) is 0 Å². The molecule has 0 saturated carbocycles. The van der Waals surface area contributed by atoms with Crippen LogP contribution in [0.2, 0.25) is 0 Å². The number of aromatic nitrogens is 4. The lowest BCUT2D eigenvalue weighted by atomic mass is 9.97. The first-order valence-electron chi connectivity index (χ1n) is 21.6. The van der Waals surface area contributed by atoms with Crippen molar-refractivity contribution in [1.82, 2.24) is 19.5 Å². The number of fused-ring (bicyclic) bond motifs is 7. The molecule has 0 bridgehead atoms. The third-order valence-electron chi connectivity index (χ3n) is 12.2. The Bertz CT molecular complexity index is 3360. The van der Waals surface area contributed by atoms with Gasteiger partial charge in [0.15, 0.2) is 17.5 Å². The van der Waals surface area contributed by atoms with Gasteiger partial charge in [-0.3, -0.25) is 0 Å². The summed E-state index contributed by atoms with van der Waals surface area (Å²) in [6, 6.07) is 83.8. The molecule has 5 heteroatoms. The monoisotopic (exact) mass is 817 g/mol. The van der Waals surface area contributed by atoms with Gasteiger partial charge in [0.1, 0.15) is 0 Å². The number of hydrogen-bond acceptors (Lipinski definition) is 4. The molecule has 0 saturated heterocycles. The molecule has 0 spiro atoms. The fourth-order valence-electron chi connectivity index (χ4n) is 9.22. The molecule has 64 heavy (non-hydrogen) atoms. The lowest BCUT2D eigenvalue weighted by molar-refractivity contribution is 1.07. The smallest absolute Gasteiger partial charge is 0.164 e. The molecule has 9 aromatic carbocycles. The molecular weight excluding hydrogens is 779 g/mol. The van der Waals surface area contributed by atoms with Gasteiger partial charge in [-0.25, -0.2) is 15.0 Å². The molecule has 0 amide bonds. The Hall–Kier alpha value is -8.67. The van der Waals surface area contributed by atoms with Crippen LogP contribution in [0.1, 0.15) is 0 Å². The standard InChI is InChI=1S/C59H39N5/c1-5-19-40(20-6-1)45-37-46(41-21-7-2-8-22-41)39-48(38-45)64-53-31-17-14-28-50(53)55-49-27-13-16-30-52(49)63(54-32-18-15-29-51(54)56(55)64)47-35-33-44(34-36-47)59-61-57(42-23-9-3-10-24-42)60-58(62-59)43-25-11-4-12-26-43/h1-39H. The summed E-state index contributed by atoms with van der Waals surface area (Å²) in [4.78, 5) is 17.4. The van der Waals surface area contributed by atoms with E-state index in [0.29, 0.717) is 17.5 Å². The summed E-state index contributed by atoms with van der Waals surface area (Å²) in [7, 11) is 0. The second kappa shape index (κ2) is 15.7. The Morgan fingerprint density at radius 2 is 0.719 bits per heavy atom. The van der Waals surface area contributed by atoms with Crippen LogP contribution in [0.15, 0.2) is 237 Å². The topological polar surface area (TPSA) is 46.8 Å². The second-order valence-corrected chi connectivity index (χ2v) is 16.0. The highest BCUT2D eigenvalue weighted by Gasteiger charge is 2.31. The van der Waals surface area contributed by atoms with E-state index in [1.54, 1.807) is 0 Å². The average Bonchev–Trinajstić information content (AvgIpc) is 3.66. The number of nitrogens with zero attached hydrogens (tertiary/aromatic N) is 5. The van der Waals surface area contributed by atoms with E-state index in [1.165, 1.54) is 22.1 Å². The molecular formula is C59H39N5. The van der Waals surface area contributed by atoms with Crippen LogP contribution in [0, 0.1) is 0 Å². The van der Waals surface area contributed by atoms with Crippen LogP contribution in [-0.2, 0) is 0 Å². The highest BCUT2D eigenvalue weighted by molar-refractivity contribution is 6.13. The van der Waals surface area contributed by atoms with E-state index in [-0.39, 0.29) is 0 Å². The third-order valence-corrected chi connectivity index (χ3v) is 12.2. The van der Waals surface area contributed by atoms with Gasteiger partial charge < -0.3 is 9.47 Å². The van der Waals surface area contributed by atoms with Gasteiger partial charge in [-0.2, -0.15) is 0 Å². The Morgan fingerprint density at radius 1 is 0.297 bits per heavy atom. The molecule has 300 valence electrons. The van der Waals surface area contributed by atoms with Crippen LogP contribution < -0.4 is 4.90 Å². The summed E-state index contributed by atoms with van der Waals surface area (Å²) in [5, 5.41) is 1.20. The number of rotatable bonds is 7. The van der Waals surface area contributed by atoms with E-state index in [1.807, 2.05) is 60.7 Å². The molecule has 0 N–H and O–H groups in total. The first kappa shape index (κ1) is 37.1. The number of para-hydroxylation sites is 3. The van der Waals surface area contributed by atoms with Crippen molar-refractivity contribution in [2.45, 2.75) is 0 Å². The maximum absolute atomic E-state index is 5.03. The third kappa shape index (κ3) is 6.46.